The number of amides is 1. The minimum absolute atomic E-state index is 0.0946. The summed E-state index contributed by atoms with van der Waals surface area (Å²) in [6.07, 6.45) is 0.544. The minimum atomic E-state index is -4.78. The topological polar surface area (TPSA) is 80.5 Å². The Kier molecular flexibility index (Phi) is 6.45. The Hall–Kier alpha value is -1.06. The van der Waals surface area contributed by atoms with E-state index in [-0.39, 0.29) is 16.8 Å². The Morgan fingerprint density at radius 2 is 2.00 bits per heavy atom. The fourth-order valence-electron chi connectivity index (χ4n) is 1.72. The fourth-order valence-corrected chi connectivity index (χ4v) is 3.88. The smallest absolute Gasteiger partial charge is 0.341 e. The maximum Gasteiger partial charge on any atom is 0.341 e. The van der Waals surface area contributed by atoms with Gasteiger partial charge in [0.15, 0.2) is 0 Å². The first kappa shape index (κ1) is 19.0. The molecule has 0 saturated heterocycles. The van der Waals surface area contributed by atoms with Crippen LogP contribution < -0.4 is 5.73 Å². The highest BCUT2D eigenvalue weighted by Crippen LogP contribution is 2.27. The van der Waals surface area contributed by atoms with Gasteiger partial charge in [-0.05, 0) is 23.8 Å². The molecule has 0 radical (unpaired) electrons. The summed E-state index contributed by atoms with van der Waals surface area (Å²) >= 11 is 0.836. The van der Waals surface area contributed by atoms with E-state index in [4.69, 9.17) is 5.73 Å². The van der Waals surface area contributed by atoms with Gasteiger partial charge in [-0.1, -0.05) is 13.8 Å². The van der Waals surface area contributed by atoms with Gasteiger partial charge in [0.25, 0.3) is 5.91 Å². The van der Waals surface area contributed by atoms with Crippen molar-refractivity contribution < 1.29 is 22.0 Å². The van der Waals surface area contributed by atoms with Crippen LogP contribution in [0.3, 0.4) is 0 Å². The van der Waals surface area contributed by atoms with Gasteiger partial charge < -0.3 is 10.6 Å². The number of sulfone groups is 1. The van der Waals surface area contributed by atoms with Crippen LogP contribution in [0.1, 0.15) is 29.9 Å². The molecule has 1 heterocycles. The third-order valence-electron chi connectivity index (χ3n) is 3.37. The van der Waals surface area contributed by atoms with Gasteiger partial charge in [0.1, 0.15) is 4.88 Å². The largest absolute Gasteiger partial charge is 0.341 e. The van der Waals surface area contributed by atoms with Crippen molar-refractivity contribution in [3.8, 4) is 0 Å². The molecule has 0 aliphatic heterocycles. The molecule has 22 heavy (non-hydrogen) atoms. The highest BCUT2D eigenvalue weighted by molar-refractivity contribution is 7.92. The third kappa shape index (κ3) is 4.23. The molecule has 0 fully saturated rings. The zero-order valence-corrected chi connectivity index (χ0v) is 14.3. The maximum absolute atomic E-state index is 12.6. The quantitative estimate of drug-likeness (QED) is 0.814. The number of carbonyl (C=O) groups excluding carboxylic acids is 1. The van der Waals surface area contributed by atoms with Crippen molar-refractivity contribution in [3.05, 3.63) is 16.3 Å². The van der Waals surface area contributed by atoms with E-state index >= 15 is 0 Å². The molecule has 1 amide bonds. The van der Waals surface area contributed by atoms with E-state index in [9.17, 15) is 22.0 Å². The zero-order valence-electron chi connectivity index (χ0n) is 12.6. The normalized spacial score (nSPS) is 13.6. The molecule has 0 aliphatic carbocycles. The predicted molar refractivity (Wildman–Crippen MR) is 81.9 cm³/mol. The second-order valence-corrected chi connectivity index (χ2v) is 8.15. The van der Waals surface area contributed by atoms with Gasteiger partial charge in [0, 0.05) is 19.6 Å². The van der Waals surface area contributed by atoms with Gasteiger partial charge in [-0.25, -0.2) is 8.42 Å². The monoisotopic (exact) mass is 354 g/mol. The molecule has 1 rings (SSSR count). The Balaban J connectivity index is 2.90. The van der Waals surface area contributed by atoms with Crippen molar-refractivity contribution in [2.24, 2.45) is 11.7 Å². The number of rotatable bonds is 7. The Morgan fingerprint density at radius 3 is 2.50 bits per heavy atom. The lowest BCUT2D eigenvalue weighted by molar-refractivity contribution is 0.0790. The fraction of sp³-hybridized carbons (Fsp3) is 0.615. The van der Waals surface area contributed by atoms with Gasteiger partial charge in [-0.3, -0.25) is 4.79 Å². The van der Waals surface area contributed by atoms with Crippen LogP contribution >= 0.6 is 11.3 Å². The summed E-state index contributed by atoms with van der Waals surface area (Å²) in [5.41, 5.74) is 5.89. The lowest BCUT2D eigenvalue weighted by atomic mass is 10.0. The van der Waals surface area contributed by atoms with E-state index in [1.807, 2.05) is 13.8 Å². The number of carbonyl (C=O) groups is 1. The lowest BCUT2D eigenvalue weighted by Crippen LogP contribution is -2.34. The van der Waals surface area contributed by atoms with Crippen molar-refractivity contribution in [2.45, 2.75) is 37.0 Å². The predicted octanol–water partition coefficient (Wildman–Crippen LogP) is 2.19. The van der Waals surface area contributed by atoms with Crippen LogP contribution in [0.5, 0.6) is 0 Å². The Labute approximate surface area is 133 Å². The Morgan fingerprint density at radius 1 is 1.41 bits per heavy atom. The number of alkyl halides is 2. The van der Waals surface area contributed by atoms with E-state index in [1.54, 1.807) is 0 Å². The molecule has 1 aromatic rings. The summed E-state index contributed by atoms with van der Waals surface area (Å²) in [5, 5.41) is 1.32. The maximum atomic E-state index is 12.6. The van der Waals surface area contributed by atoms with Crippen LogP contribution in [-0.2, 0) is 9.84 Å². The molecule has 0 aromatic carbocycles. The van der Waals surface area contributed by atoms with Crippen LogP contribution in [0.2, 0.25) is 0 Å². The highest BCUT2D eigenvalue weighted by Gasteiger charge is 2.33. The molecule has 1 atom stereocenters. The van der Waals surface area contributed by atoms with Crippen LogP contribution in [0.4, 0.5) is 8.78 Å². The molecule has 0 aliphatic rings. The summed E-state index contributed by atoms with van der Waals surface area (Å²) in [6.45, 7) is 4.24. The molecular weight excluding hydrogens is 334 g/mol. The number of halogens is 2. The van der Waals surface area contributed by atoms with Gasteiger partial charge in [-0.2, -0.15) is 8.78 Å². The van der Waals surface area contributed by atoms with Crippen LogP contribution in [0.15, 0.2) is 16.3 Å². The van der Waals surface area contributed by atoms with Crippen LogP contribution in [-0.4, -0.2) is 44.6 Å². The molecule has 0 spiro atoms. The molecule has 5 nitrogen and oxygen atoms in total. The minimum Gasteiger partial charge on any atom is -0.341 e. The van der Waals surface area contributed by atoms with Crippen molar-refractivity contribution in [3.63, 3.8) is 0 Å². The highest BCUT2D eigenvalue weighted by atomic mass is 32.2. The Bertz CT molecular complexity index is 615. The number of hydrogen-bond acceptors (Lipinski definition) is 5. The molecule has 1 aromatic heterocycles. The first-order valence-corrected chi connectivity index (χ1v) is 9.12. The lowest BCUT2D eigenvalue weighted by Gasteiger charge is -2.21. The zero-order chi connectivity index (χ0) is 17.1. The van der Waals surface area contributed by atoms with Crippen molar-refractivity contribution in [1.29, 1.82) is 0 Å². The second kappa shape index (κ2) is 7.47. The van der Waals surface area contributed by atoms with Gasteiger partial charge >= 0.3 is 5.76 Å². The van der Waals surface area contributed by atoms with E-state index in [2.05, 4.69) is 0 Å². The first-order valence-electron chi connectivity index (χ1n) is 6.69. The van der Waals surface area contributed by atoms with E-state index in [0.717, 1.165) is 17.4 Å². The number of thiophene rings is 1. The third-order valence-corrected chi connectivity index (χ3v) is 5.82. The van der Waals surface area contributed by atoms with E-state index < -0.39 is 26.4 Å². The van der Waals surface area contributed by atoms with Crippen LogP contribution in [0, 0.1) is 5.92 Å². The van der Waals surface area contributed by atoms with Gasteiger partial charge in [-0.15, -0.1) is 11.3 Å². The molecule has 1 unspecified atom stereocenters. The average Bonchev–Trinajstić information content (AvgIpc) is 2.92. The van der Waals surface area contributed by atoms with Crippen molar-refractivity contribution in [2.75, 3.05) is 13.6 Å². The average molecular weight is 354 g/mol. The summed E-state index contributed by atoms with van der Waals surface area (Å²) in [6, 6.07) is 0.940. The molecule has 0 saturated carbocycles. The molecule has 9 heteroatoms. The van der Waals surface area contributed by atoms with Gasteiger partial charge in [0.05, 0.1) is 4.90 Å². The van der Waals surface area contributed by atoms with E-state index in [0.29, 0.717) is 13.0 Å². The number of nitrogens with two attached hydrogens (primary N) is 1. The summed E-state index contributed by atoms with van der Waals surface area (Å²) in [4.78, 5) is 12.8. The summed E-state index contributed by atoms with van der Waals surface area (Å²) < 4.78 is 48.4. The molecule has 126 valence electrons. The second-order valence-electron chi connectivity index (χ2n) is 5.34. The summed E-state index contributed by atoms with van der Waals surface area (Å²) in [7, 11) is -3.29. The summed E-state index contributed by atoms with van der Waals surface area (Å²) in [5.74, 6) is -3.89. The number of hydrogen-bond donors (Lipinski definition) is 1. The molecular formula is C13H20F2N2O3S2. The molecule has 2 N–H and O–H groups in total. The standard InChI is InChI=1S/C13H20F2N2O3S2/c1-8(2)9(16)4-6-17(3)12(18)11-10(5-7-21-11)22(19,20)13(14)15/h5,7-9,13H,4,6,16H2,1-3H3. The SMILES string of the molecule is CC(C)C(N)CCN(C)C(=O)c1sccc1S(=O)(=O)C(F)F. The number of nitrogens with zero attached hydrogens (tertiary/aromatic N) is 1. The van der Waals surface area contributed by atoms with Crippen LogP contribution in [0.25, 0.3) is 0 Å². The first-order chi connectivity index (χ1) is 10.1. The molecule has 0 bridgehead atoms. The van der Waals surface area contributed by atoms with Crippen molar-refractivity contribution >= 4 is 27.1 Å². The van der Waals surface area contributed by atoms with Gasteiger partial charge in [0.2, 0.25) is 9.84 Å². The van der Waals surface area contributed by atoms with E-state index in [1.165, 1.54) is 17.3 Å². The van der Waals surface area contributed by atoms with Crippen molar-refractivity contribution in [1.82, 2.24) is 4.90 Å².